The van der Waals surface area contributed by atoms with Crippen molar-refractivity contribution < 1.29 is 19.5 Å². The Morgan fingerprint density at radius 1 is 1.14 bits per heavy atom. The molecule has 0 aromatic rings. The Morgan fingerprint density at radius 2 is 1.90 bits per heavy atom. The number of hydrogen-bond acceptors (Lipinski definition) is 5. The minimum absolute atomic E-state index is 0.0253. The van der Waals surface area contributed by atoms with E-state index < -0.39 is 16.7 Å². The van der Waals surface area contributed by atoms with Crippen LogP contribution in [0.1, 0.15) is 58.8 Å². The fourth-order valence-corrected chi connectivity index (χ4v) is 7.50. The number of unbranched alkanes of at least 4 members (excludes halogenated alkanes) is 2. The molecule has 29 heavy (non-hydrogen) atoms. The van der Waals surface area contributed by atoms with Gasteiger partial charge in [0.15, 0.2) is 0 Å². The average Bonchev–Trinajstić information content (AvgIpc) is 3.35. The number of thioether (sulfide) groups is 1. The lowest BCUT2D eigenvalue weighted by atomic mass is 9.70. The topological polar surface area (TPSA) is 98.7 Å². The van der Waals surface area contributed by atoms with E-state index in [-0.39, 0.29) is 35.5 Å². The van der Waals surface area contributed by atoms with E-state index in [0.717, 1.165) is 38.5 Å². The first kappa shape index (κ1) is 22.4. The number of nitrogens with zero attached hydrogens (tertiary/aromatic N) is 1. The molecule has 0 saturated carbocycles. The number of hydrogen-bond donors (Lipinski definition) is 3. The van der Waals surface area contributed by atoms with Gasteiger partial charge in [-0.3, -0.25) is 14.4 Å². The zero-order valence-electron chi connectivity index (χ0n) is 17.6. The minimum atomic E-state index is -0.549. The fraction of sp³-hybridized carbons (Fsp3) is 0.857. The number of carbonyl (C=O) groups excluding carboxylic acids is 3. The molecule has 0 radical (unpaired) electrons. The number of aliphatic hydroxyl groups is 1. The molecule has 7 nitrogen and oxygen atoms in total. The monoisotopic (exact) mass is 425 g/mol. The molecule has 3 fully saturated rings. The Morgan fingerprint density at radius 3 is 2.59 bits per heavy atom. The summed E-state index contributed by atoms with van der Waals surface area (Å²) in [6, 6.07) is -0.549. The molecule has 8 heteroatoms. The van der Waals surface area contributed by atoms with Crippen molar-refractivity contribution in [2.45, 2.75) is 74.8 Å². The molecule has 0 aromatic carbocycles. The first-order chi connectivity index (χ1) is 14.0. The maximum absolute atomic E-state index is 13.4. The summed E-state index contributed by atoms with van der Waals surface area (Å²) in [5.74, 6) is -1.03. The highest BCUT2D eigenvalue weighted by atomic mass is 32.2. The number of amides is 3. The van der Waals surface area contributed by atoms with E-state index in [2.05, 4.69) is 17.6 Å². The molecule has 3 aliphatic heterocycles. The van der Waals surface area contributed by atoms with Gasteiger partial charge in [-0.1, -0.05) is 26.7 Å². The van der Waals surface area contributed by atoms with Crippen molar-refractivity contribution in [3.05, 3.63) is 0 Å². The van der Waals surface area contributed by atoms with E-state index >= 15 is 0 Å². The van der Waals surface area contributed by atoms with Crippen molar-refractivity contribution in [2.24, 2.45) is 11.8 Å². The largest absolute Gasteiger partial charge is 0.396 e. The Balaban J connectivity index is 1.84. The summed E-state index contributed by atoms with van der Waals surface area (Å²) >= 11 is 1.69. The first-order valence-electron chi connectivity index (χ1n) is 11.2. The van der Waals surface area contributed by atoms with Crippen LogP contribution < -0.4 is 10.6 Å². The van der Waals surface area contributed by atoms with Gasteiger partial charge in [-0.2, -0.15) is 0 Å². The van der Waals surface area contributed by atoms with E-state index in [9.17, 15) is 19.5 Å². The molecule has 0 aromatic heterocycles. The molecule has 164 valence electrons. The highest BCUT2D eigenvalue weighted by Crippen LogP contribution is 2.66. The SMILES string of the molecule is CCCCCNC(=O)C1N(CCCO)C(=O)[C@@H]2[C@@H](C(=O)NCCC)[C@H]3CCC12S3. The summed E-state index contributed by atoms with van der Waals surface area (Å²) in [5.41, 5.74) is 0. The van der Waals surface area contributed by atoms with Crippen LogP contribution >= 0.6 is 11.8 Å². The molecule has 0 aliphatic carbocycles. The summed E-state index contributed by atoms with van der Waals surface area (Å²) in [5, 5.41) is 15.4. The van der Waals surface area contributed by atoms with Crippen LogP contribution in [0.3, 0.4) is 0 Å². The second-order valence-electron chi connectivity index (χ2n) is 8.45. The molecule has 3 amide bonds. The smallest absolute Gasteiger partial charge is 0.244 e. The number of carbonyl (C=O) groups is 3. The quantitative estimate of drug-likeness (QED) is 0.433. The molecule has 3 heterocycles. The second kappa shape index (κ2) is 9.69. The number of rotatable bonds is 11. The molecular formula is C21H35N3O4S. The molecule has 5 atom stereocenters. The van der Waals surface area contributed by atoms with Crippen molar-refractivity contribution in [3.63, 3.8) is 0 Å². The number of nitrogens with one attached hydrogen (secondary N) is 2. The molecule has 2 bridgehead atoms. The van der Waals surface area contributed by atoms with E-state index in [0.29, 0.717) is 26.1 Å². The lowest BCUT2D eigenvalue weighted by Crippen LogP contribution is -2.54. The van der Waals surface area contributed by atoms with Gasteiger partial charge in [0.1, 0.15) is 6.04 Å². The third-order valence-electron chi connectivity index (χ3n) is 6.54. The third kappa shape index (κ3) is 4.02. The second-order valence-corrected chi connectivity index (χ2v) is 10.1. The van der Waals surface area contributed by atoms with Gasteiger partial charge in [0.05, 0.1) is 16.6 Å². The predicted octanol–water partition coefficient (Wildman–Crippen LogP) is 1.29. The summed E-state index contributed by atoms with van der Waals surface area (Å²) in [7, 11) is 0. The van der Waals surface area contributed by atoms with Crippen LogP contribution in [0.4, 0.5) is 0 Å². The van der Waals surface area contributed by atoms with Gasteiger partial charge in [0, 0.05) is 31.5 Å². The third-order valence-corrected chi connectivity index (χ3v) is 8.49. The minimum Gasteiger partial charge on any atom is -0.396 e. The Labute approximate surface area is 177 Å². The zero-order valence-corrected chi connectivity index (χ0v) is 18.4. The summed E-state index contributed by atoms with van der Waals surface area (Å²) in [4.78, 5) is 41.2. The van der Waals surface area contributed by atoms with Crippen LogP contribution in [-0.4, -0.2) is 70.0 Å². The fourth-order valence-electron chi connectivity index (χ4n) is 5.28. The first-order valence-corrected chi connectivity index (χ1v) is 12.0. The highest BCUT2D eigenvalue weighted by Gasteiger charge is 2.73. The summed E-state index contributed by atoms with van der Waals surface area (Å²) < 4.78 is -0.514. The van der Waals surface area contributed by atoms with Crippen LogP contribution in [0, 0.1) is 11.8 Å². The van der Waals surface area contributed by atoms with Gasteiger partial charge in [0.25, 0.3) is 0 Å². The van der Waals surface area contributed by atoms with E-state index in [1.807, 2.05) is 6.92 Å². The number of aliphatic hydroxyl groups excluding tert-OH is 1. The molecule has 3 rings (SSSR count). The maximum Gasteiger partial charge on any atom is 0.244 e. The molecule has 2 unspecified atom stereocenters. The van der Waals surface area contributed by atoms with Gasteiger partial charge in [-0.05, 0) is 32.1 Å². The van der Waals surface area contributed by atoms with Crippen molar-refractivity contribution in [1.82, 2.24) is 15.5 Å². The number of fused-ring (bicyclic) bond motifs is 1. The van der Waals surface area contributed by atoms with Gasteiger partial charge in [0.2, 0.25) is 17.7 Å². The van der Waals surface area contributed by atoms with Gasteiger partial charge < -0.3 is 20.6 Å². The van der Waals surface area contributed by atoms with E-state index in [4.69, 9.17) is 0 Å². The Kier molecular flexibility index (Phi) is 7.48. The molecule has 3 N–H and O–H groups in total. The average molecular weight is 426 g/mol. The predicted molar refractivity (Wildman–Crippen MR) is 113 cm³/mol. The zero-order chi connectivity index (χ0) is 21.0. The maximum atomic E-state index is 13.4. The van der Waals surface area contributed by atoms with Crippen molar-refractivity contribution in [3.8, 4) is 0 Å². The lowest BCUT2D eigenvalue weighted by Gasteiger charge is -2.34. The Hall–Kier alpha value is -1.28. The van der Waals surface area contributed by atoms with Crippen molar-refractivity contribution in [1.29, 1.82) is 0 Å². The molecule has 3 saturated heterocycles. The lowest BCUT2D eigenvalue weighted by molar-refractivity contribution is -0.140. The van der Waals surface area contributed by atoms with E-state index in [1.54, 1.807) is 16.7 Å². The van der Waals surface area contributed by atoms with Crippen LogP contribution in [-0.2, 0) is 14.4 Å². The summed E-state index contributed by atoms with van der Waals surface area (Å²) in [6.07, 6.45) is 6.01. The Bertz CT molecular complexity index is 631. The van der Waals surface area contributed by atoms with Crippen LogP contribution in [0.2, 0.25) is 0 Å². The van der Waals surface area contributed by atoms with Crippen LogP contribution in [0.15, 0.2) is 0 Å². The normalized spacial score (nSPS) is 32.5. The highest BCUT2D eigenvalue weighted by molar-refractivity contribution is 8.02. The van der Waals surface area contributed by atoms with Crippen LogP contribution in [0.5, 0.6) is 0 Å². The molecule has 3 aliphatic rings. The van der Waals surface area contributed by atoms with Gasteiger partial charge in [-0.15, -0.1) is 11.8 Å². The number of likely N-dealkylation sites (tertiary alicyclic amines) is 1. The standard InChI is InChI=1S/C21H35N3O4S/c1-3-5-6-11-23-19(27)17-21-9-8-14(29-21)15(18(26)22-10-4-2)16(21)20(28)24(17)12-7-13-25/h14-17,25H,3-13H2,1-2H3,(H,22,26)(H,23,27)/t14-,15+,16+,17?,21?/m1/s1. The van der Waals surface area contributed by atoms with Gasteiger partial charge in [-0.25, -0.2) is 0 Å². The molecular weight excluding hydrogens is 390 g/mol. The van der Waals surface area contributed by atoms with Gasteiger partial charge >= 0.3 is 0 Å². The summed E-state index contributed by atoms with van der Waals surface area (Å²) in [6.45, 7) is 5.68. The molecule has 1 spiro atoms. The van der Waals surface area contributed by atoms with Crippen molar-refractivity contribution >= 4 is 29.5 Å². The van der Waals surface area contributed by atoms with Crippen LogP contribution in [0.25, 0.3) is 0 Å². The van der Waals surface area contributed by atoms with E-state index in [1.165, 1.54) is 0 Å². The van der Waals surface area contributed by atoms with Crippen molar-refractivity contribution in [2.75, 3.05) is 26.2 Å².